The molecule has 2 N–H and O–H groups in total. The van der Waals surface area contributed by atoms with Crippen LogP contribution >= 0.6 is 0 Å². The van der Waals surface area contributed by atoms with Crippen molar-refractivity contribution in [1.82, 2.24) is 15.6 Å². The van der Waals surface area contributed by atoms with Gasteiger partial charge < -0.3 is 5.32 Å². The summed E-state index contributed by atoms with van der Waals surface area (Å²) < 4.78 is 0. The van der Waals surface area contributed by atoms with E-state index in [0.717, 1.165) is 5.56 Å². The monoisotopic (exact) mass is 249 g/mol. The Balaban J connectivity index is 2.44. The van der Waals surface area contributed by atoms with Gasteiger partial charge in [0.2, 0.25) is 5.91 Å². The van der Waals surface area contributed by atoms with Crippen molar-refractivity contribution in [2.75, 3.05) is 6.54 Å². The van der Waals surface area contributed by atoms with E-state index in [1.807, 2.05) is 32.2 Å². The molecule has 0 saturated carbocycles. The SMILES string of the molecule is CC(C)CNC(=O)C(C)NC(C)c1cccnc1. The van der Waals surface area contributed by atoms with Crippen molar-refractivity contribution in [2.45, 2.75) is 39.8 Å². The summed E-state index contributed by atoms with van der Waals surface area (Å²) >= 11 is 0. The van der Waals surface area contributed by atoms with Gasteiger partial charge in [-0.05, 0) is 31.4 Å². The van der Waals surface area contributed by atoms with Crippen LogP contribution in [0.25, 0.3) is 0 Å². The Labute approximate surface area is 109 Å². The van der Waals surface area contributed by atoms with E-state index in [2.05, 4.69) is 29.5 Å². The lowest BCUT2D eigenvalue weighted by Gasteiger charge is -2.20. The summed E-state index contributed by atoms with van der Waals surface area (Å²) in [7, 11) is 0. The first-order chi connectivity index (χ1) is 8.50. The van der Waals surface area contributed by atoms with Crippen LogP contribution in [0.3, 0.4) is 0 Å². The third-order valence-corrected chi connectivity index (χ3v) is 2.76. The number of hydrogen-bond acceptors (Lipinski definition) is 3. The van der Waals surface area contributed by atoms with Gasteiger partial charge in [-0.1, -0.05) is 19.9 Å². The first kappa shape index (κ1) is 14.6. The van der Waals surface area contributed by atoms with E-state index in [0.29, 0.717) is 12.5 Å². The van der Waals surface area contributed by atoms with Gasteiger partial charge in [0.25, 0.3) is 0 Å². The third-order valence-electron chi connectivity index (χ3n) is 2.76. The molecule has 0 aliphatic rings. The van der Waals surface area contributed by atoms with Gasteiger partial charge in [-0.3, -0.25) is 15.1 Å². The molecular formula is C14H23N3O. The highest BCUT2D eigenvalue weighted by atomic mass is 16.2. The maximum atomic E-state index is 11.8. The fourth-order valence-corrected chi connectivity index (χ4v) is 1.64. The summed E-state index contributed by atoms with van der Waals surface area (Å²) in [6, 6.07) is 3.80. The highest BCUT2D eigenvalue weighted by Gasteiger charge is 2.16. The van der Waals surface area contributed by atoms with Crippen molar-refractivity contribution < 1.29 is 4.79 Å². The predicted octanol–water partition coefficient (Wildman–Crippen LogP) is 1.89. The molecule has 0 aromatic carbocycles. The maximum absolute atomic E-state index is 11.8. The fraction of sp³-hybridized carbons (Fsp3) is 0.571. The summed E-state index contributed by atoms with van der Waals surface area (Å²) in [4.78, 5) is 15.9. The Kier molecular flexibility index (Phi) is 5.78. The highest BCUT2D eigenvalue weighted by molar-refractivity contribution is 5.81. The van der Waals surface area contributed by atoms with Crippen molar-refractivity contribution in [3.05, 3.63) is 30.1 Å². The quantitative estimate of drug-likeness (QED) is 0.809. The number of nitrogens with one attached hydrogen (secondary N) is 2. The van der Waals surface area contributed by atoms with Crippen molar-refractivity contribution >= 4 is 5.91 Å². The Morgan fingerprint density at radius 1 is 1.33 bits per heavy atom. The third kappa shape index (κ3) is 4.84. The lowest BCUT2D eigenvalue weighted by Crippen LogP contribution is -2.44. The number of carbonyl (C=O) groups is 1. The molecule has 4 heteroatoms. The van der Waals surface area contributed by atoms with E-state index < -0.39 is 0 Å². The second kappa shape index (κ2) is 7.11. The second-order valence-corrected chi connectivity index (χ2v) is 5.04. The molecule has 0 spiro atoms. The predicted molar refractivity (Wildman–Crippen MR) is 73.1 cm³/mol. The van der Waals surface area contributed by atoms with E-state index >= 15 is 0 Å². The van der Waals surface area contributed by atoms with E-state index in [1.54, 1.807) is 6.20 Å². The van der Waals surface area contributed by atoms with E-state index in [4.69, 9.17) is 0 Å². The van der Waals surface area contributed by atoms with Crippen LogP contribution < -0.4 is 10.6 Å². The number of rotatable bonds is 6. The van der Waals surface area contributed by atoms with Crippen LogP contribution in [0.1, 0.15) is 39.3 Å². The summed E-state index contributed by atoms with van der Waals surface area (Å²) in [5.74, 6) is 0.510. The molecule has 0 aliphatic heterocycles. The minimum absolute atomic E-state index is 0.0411. The molecule has 1 rings (SSSR count). The first-order valence-corrected chi connectivity index (χ1v) is 6.44. The van der Waals surface area contributed by atoms with Gasteiger partial charge in [-0.25, -0.2) is 0 Å². The number of carbonyl (C=O) groups excluding carboxylic acids is 1. The zero-order valence-electron chi connectivity index (χ0n) is 11.6. The minimum Gasteiger partial charge on any atom is -0.354 e. The first-order valence-electron chi connectivity index (χ1n) is 6.44. The summed E-state index contributed by atoms with van der Waals surface area (Å²) in [5, 5.41) is 6.19. The average Bonchev–Trinajstić information content (AvgIpc) is 2.36. The van der Waals surface area contributed by atoms with E-state index in [1.165, 1.54) is 0 Å². The molecule has 1 amide bonds. The smallest absolute Gasteiger partial charge is 0.236 e. The number of amides is 1. The number of nitrogens with zero attached hydrogens (tertiary/aromatic N) is 1. The van der Waals surface area contributed by atoms with Gasteiger partial charge in [0.05, 0.1) is 6.04 Å². The minimum atomic E-state index is -0.209. The van der Waals surface area contributed by atoms with E-state index in [9.17, 15) is 4.79 Å². The molecule has 0 bridgehead atoms. The van der Waals surface area contributed by atoms with Crippen molar-refractivity contribution in [2.24, 2.45) is 5.92 Å². The van der Waals surface area contributed by atoms with Crippen LogP contribution in [-0.4, -0.2) is 23.5 Å². The van der Waals surface area contributed by atoms with Crippen molar-refractivity contribution in [1.29, 1.82) is 0 Å². The molecule has 1 aromatic rings. The molecule has 2 atom stereocenters. The van der Waals surface area contributed by atoms with Crippen LogP contribution in [0, 0.1) is 5.92 Å². The van der Waals surface area contributed by atoms with Crippen LogP contribution in [0.15, 0.2) is 24.5 Å². The van der Waals surface area contributed by atoms with Gasteiger partial charge in [-0.15, -0.1) is 0 Å². The summed E-state index contributed by atoms with van der Waals surface area (Å²) in [6.07, 6.45) is 3.56. The number of pyridine rings is 1. The molecule has 0 saturated heterocycles. The molecule has 1 heterocycles. The van der Waals surface area contributed by atoms with Crippen molar-refractivity contribution in [3.8, 4) is 0 Å². The van der Waals surface area contributed by atoms with Crippen LogP contribution in [-0.2, 0) is 4.79 Å². The zero-order chi connectivity index (χ0) is 13.5. The molecule has 100 valence electrons. The second-order valence-electron chi connectivity index (χ2n) is 5.04. The summed E-state index contributed by atoms with van der Waals surface area (Å²) in [6.45, 7) is 8.78. The topological polar surface area (TPSA) is 54.0 Å². The highest BCUT2D eigenvalue weighted by Crippen LogP contribution is 2.10. The van der Waals surface area contributed by atoms with Gasteiger partial charge in [0.15, 0.2) is 0 Å². The molecule has 0 aliphatic carbocycles. The molecule has 4 nitrogen and oxygen atoms in total. The van der Waals surface area contributed by atoms with Crippen LogP contribution in [0.5, 0.6) is 0 Å². The molecule has 18 heavy (non-hydrogen) atoms. The lowest BCUT2D eigenvalue weighted by molar-refractivity contribution is -0.123. The number of hydrogen-bond donors (Lipinski definition) is 2. The average molecular weight is 249 g/mol. The molecular weight excluding hydrogens is 226 g/mol. The largest absolute Gasteiger partial charge is 0.354 e. The Morgan fingerprint density at radius 3 is 2.61 bits per heavy atom. The Hall–Kier alpha value is -1.42. The van der Waals surface area contributed by atoms with Gasteiger partial charge in [0.1, 0.15) is 0 Å². The van der Waals surface area contributed by atoms with Gasteiger partial charge in [-0.2, -0.15) is 0 Å². The lowest BCUT2D eigenvalue weighted by atomic mass is 10.1. The van der Waals surface area contributed by atoms with E-state index in [-0.39, 0.29) is 18.0 Å². The van der Waals surface area contributed by atoms with Gasteiger partial charge >= 0.3 is 0 Å². The normalized spacial score (nSPS) is 14.3. The maximum Gasteiger partial charge on any atom is 0.236 e. The Bertz CT molecular complexity index is 365. The molecule has 0 fully saturated rings. The zero-order valence-corrected chi connectivity index (χ0v) is 11.6. The fourth-order valence-electron chi connectivity index (χ4n) is 1.64. The Morgan fingerprint density at radius 2 is 2.06 bits per heavy atom. The van der Waals surface area contributed by atoms with Crippen LogP contribution in [0.4, 0.5) is 0 Å². The number of aromatic nitrogens is 1. The van der Waals surface area contributed by atoms with Gasteiger partial charge in [0, 0.05) is 25.0 Å². The van der Waals surface area contributed by atoms with Crippen molar-refractivity contribution in [3.63, 3.8) is 0 Å². The summed E-state index contributed by atoms with van der Waals surface area (Å²) in [5.41, 5.74) is 1.08. The standard InChI is InChI=1S/C14H23N3O/c1-10(2)8-16-14(18)12(4)17-11(3)13-6-5-7-15-9-13/h5-7,9-12,17H,8H2,1-4H3,(H,16,18). The molecule has 1 aromatic heterocycles. The van der Waals surface area contributed by atoms with Crippen LogP contribution in [0.2, 0.25) is 0 Å². The molecule has 0 radical (unpaired) electrons. The molecule has 2 unspecified atom stereocenters.